The van der Waals surface area contributed by atoms with Crippen molar-refractivity contribution in [1.82, 2.24) is 0 Å². The molecule has 2 aliphatic rings. The van der Waals surface area contributed by atoms with Gasteiger partial charge in [-0.1, -0.05) is 52.3 Å². The van der Waals surface area contributed by atoms with Gasteiger partial charge in [-0.05, 0) is 48.0 Å². The molecular weight excluding hydrogens is 449 g/mol. The van der Waals surface area contributed by atoms with Crippen LogP contribution in [0.5, 0.6) is 0 Å². The van der Waals surface area contributed by atoms with E-state index in [1.807, 2.05) is 54.6 Å². The van der Waals surface area contributed by atoms with Gasteiger partial charge in [0.2, 0.25) is 5.91 Å². The van der Waals surface area contributed by atoms with Crippen molar-refractivity contribution in [1.29, 1.82) is 0 Å². The van der Waals surface area contributed by atoms with E-state index in [1.54, 1.807) is 11.1 Å². The van der Waals surface area contributed by atoms with Crippen molar-refractivity contribution >= 4 is 44.8 Å². The summed E-state index contributed by atoms with van der Waals surface area (Å²) in [6.45, 7) is 0. The highest BCUT2D eigenvalue weighted by Crippen LogP contribution is 2.39. The van der Waals surface area contributed by atoms with Crippen LogP contribution in [-0.2, 0) is 9.59 Å². The van der Waals surface area contributed by atoms with Gasteiger partial charge in [0.15, 0.2) is 0 Å². The second kappa shape index (κ2) is 7.18. The van der Waals surface area contributed by atoms with Crippen LogP contribution in [-0.4, -0.2) is 23.6 Å². The highest BCUT2D eigenvalue weighted by atomic mass is 79.9. The van der Waals surface area contributed by atoms with E-state index in [0.717, 1.165) is 14.9 Å². The molecule has 5 nitrogen and oxygen atoms in total. The van der Waals surface area contributed by atoms with Crippen molar-refractivity contribution in [3.8, 4) is 0 Å². The Balaban J connectivity index is 1.64. The molecular formula is C23H15BrFN3O2. The lowest BCUT2D eigenvalue weighted by molar-refractivity contribution is -0.121. The first-order valence-electron chi connectivity index (χ1n) is 9.37. The first kappa shape index (κ1) is 18.7. The lowest BCUT2D eigenvalue weighted by atomic mass is 9.93. The average molecular weight is 464 g/mol. The van der Waals surface area contributed by atoms with E-state index in [1.165, 1.54) is 18.2 Å². The predicted molar refractivity (Wildman–Crippen MR) is 116 cm³/mol. The van der Waals surface area contributed by atoms with Crippen LogP contribution in [0.4, 0.5) is 15.8 Å². The fraction of sp³-hybridized carbons (Fsp3) is 0.0870. The number of amides is 2. The lowest BCUT2D eigenvalue weighted by Gasteiger charge is -2.22. The number of nitrogens with zero attached hydrogens (tertiary/aromatic N) is 3. The molecule has 1 fully saturated rings. The van der Waals surface area contributed by atoms with Crippen LogP contribution in [0.2, 0.25) is 0 Å². The number of carbonyl (C=O) groups is 2. The third-order valence-corrected chi connectivity index (χ3v) is 5.80. The van der Waals surface area contributed by atoms with Crippen molar-refractivity contribution in [2.24, 2.45) is 11.0 Å². The predicted octanol–water partition coefficient (Wildman–Crippen LogP) is 4.37. The highest BCUT2D eigenvalue weighted by molar-refractivity contribution is 9.10. The summed E-state index contributed by atoms with van der Waals surface area (Å²) in [7, 11) is 0. The molecule has 0 radical (unpaired) electrons. The molecule has 0 aromatic heterocycles. The molecule has 0 aliphatic carbocycles. The maximum absolute atomic E-state index is 13.8. The molecule has 0 N–H and O–H groups in total. The van der Waals surface area contributed by atoms with Crippen LogP contribution in [0.3, 0.4) is 0 Å². The number of para-hydroxylation sites is 1. The van der Waals surface area contributed by atoms with Gasteiger partial charge in [-0.15, -0.1) is 0 Å². The van der Waals surface area contributed by atoms with E-state index in [4.69, 9.17) is 0 Å². The van der Waals surface area contributed by atoms with Crippen LogP contribution in [0, 0.1) is 11.7 Å². The van der Waals surface area contributed by atoms with Crippen molar-refractivity contribution in [2.45, 2.75) is 6.04 Å². The summed E-state index contributed by atoms with van der Waals surface area (Å²) in [4.78, 5) is 27.9. The van der Waals surface area contributed by atoms with Gasteiger partial charge in [-0.2, -0.15) is 5.10 Å². The Morgan fingerprint density at radius 3 is 2.23 bits per heavy atom. The summed E-state index contributed by atoms with van der Waals surface area (Å²) in [6, 6.07) is 21.4. The van der Waals surface area contributed by atoms with Gasteiger partial charge in [0.25, 0.3) is 5.91 Å². The van der Waals surface area contributed by atoms with Gasteiger partial charge >= 0.3 is 0 Å². The average Bonchev–Trinajstić information content (AvgIpc) is 3.26. The van der Waals surface area contributed by atoms with Gasteiger partial charge in [0.05, 0.1) is 17.1 Å². The van der Waals surface area contributed by atoms with E-state index in [0.29, 0.717) is 11.4 Å². The van der Waals surface area contributed by atoms with E-state index in [9.17, 15) is 14.0 Å². The topological polar surface area (TPSA) is 53.0 Å². The SMILES string of the molecule is O=C1[C@H]2C(c3ccc(Br)cc3)=NN(c3ccccc3)[C@@H]2C(=O)N1c1cccc(F)c1. The summed E-state index contributed by atoms with van der Waals surface area (Å²) in [5, 5.41) is 6.28. The molecule has 0 bridgehead atoms. The minimum atomic E-state index is -0.818. The normalized spacial score (nSPS) is 20.5. The number of benzene rings is 3. The molecule has 2 amide bonds. The second-order valence-corrected chi connectivity index (χ2v) is 8.00. The maximum Gasteiger partial charge on any atom is 0.259 e. The van der Waals surface area contributed by atoms with Crippen molar-refractivity contribution in [3.63, 3.8) is 0 Å². The van der Waals surface area contributed by atoms with Crippen LogP contribution < -0.4 is 9.91 Å². The molecule has 7 heteroatoms. The Kier molecular flexibility index (Phi) is 4.47. The fourth-order valence-corrected chi connectivity index (χ4v) is 4.20. The Labute approximate surface area is 180 Å². The number of hydrazone groups is 1. The van der Waals surface area contributed by atoms with Crippen LogP contribution in [0.15, 0.2) is 88.4 Å². The zero-order chi connectivity index (χ0) is 20.8. The van der Waals surface area contributed by atoms with Crippen LogP contribution in [0.25, 0.3) is 0 Å². The van der Waals surface area contributed by atoms with Crippen molar-refractivity contribution in [3.05, 3.63) is 94.7 Å². The van der Waals surface area contributed by atoms with Crippen molar-refractivity contribution in [2.75, 3.05) is 9.91 Å². The summed E-state index contributed by atoms with van der Waals surface area (Å²) < 4.78 is 14.7. The standard InChI is InChI=1S/C23H15BrFN3O2/c24-15-11-9-14(10-12-15)20-19-21(28(26-20)17-6-2-1-3-7-17)23(30)27(22(19)29)18-8-4-5-16(25)13-18/h1-13,19,21H/t19-,21-/m0/s1. The van der Waals surface area contributed by atoms with Crippen LogP contribution in [0.1, 0.15) is 5.56 Å². The lowest BCUT2D eigenvalue weighted by Crippen LogP contribution is -2.39. The third kappa shape index (κ3) is 2.93. The summed E-state index contributed by atoms with van der Waals surface area (Å²) in [6.07, 6.45) is 0. The first-order valence-corrected chi connectivity index (χ1v) is 10.2. The molecule has 2 aliphatic heterocycles. The Bertz CT molecular complexity index is 1180. The van der Waals surface area contributed by atoms with Gasteiger partial charge < -0.3 is 0 Å². The summed E-state index contributed by atoms with van der Waals surface area (Å²) in [5.74, 6) is -2.11. The van der Waals surface area contributed by atoms with E-state index < -0.39 is 29.6 Å². The van der Waals surface area contributed by atoms with Gasteiger partial charge in [-0.25, -0.2) is 9.29 Å². The molecule has 148 valence electrons. The van der Waals surface area contributed by atoms with E-state index in [-0.39, 0.29) is 5.69 Å². The third-order valence-electron chi connectivity index (χ3n) is 5.28. The summed E-state index contributed by atoms with van der Waals surface area (Å²) >= 11 is 3.41. The first-order chi connectivity index (χ1) is 14.5. The minimum Gasteiger partial charge on any atom is -0.273 e. The molecule has 0 unspecified atom stereocenters. The molecule has 2 heterocycles. The van der Waals surface area contributed by atoms with E-state index >= 15 is 0 Å². The molecule has 0 saturated carbocycles. The quantitative estimate of drug-likeness (QED) is 0.541. The Morgan fingerprint density at radius 1 is 0.833 bits per heavy atom. The van der Waals surface area contributed by atoms with Gasteiger partial charge in [0, 0.05) is 4.47 Å². The maximum atomic E-state index is 13.8. The molecule has 1 saturated heterocycles. The minimum absolute atomic E-state index is 0.225. The molecule has 3 aromatic rings. The summed E-state index contributed by atoms with van der Waals surface area (Å²) in [5.41, 5.74) is 2.21. The molecule has 3 aromatic carbocycles. The molecule has 2 atom stereocenters. The molecule has 0 spiro atoms. The number of carbonyl (C=O) groups excluding carboxylic acids is 2. The smallest absolute Gasteiger partial charge is 0.259 e. The van der Waals surface area contributed by atoms with Crippen molar-refractivity contribution < 1.29 is 14.0 Å². The zero-order valence-corrected chi connectivity index (χ0v) is 17.2. The number of rotatable bonds is 3. The monoisotopic (exact) mass is 463 g/mol. The van der Waals surface area contributed by atoms with E-state index in [2.05, 4.69) is 21.0 Å². The van der Waals surface area contributed by atoms with Gasteiger partial charge in [-0.3, -0.25) is 14.6 Å². The van der Waals surface area contributed by atoms with Crippen LogP contribution >= 0.6 is 15.9 Å². The Morgan fingerprint density at radius 2 is 1.53 bits per heavy atom. The number of halogens is 2. The Hall–Kier alpha value is -3.32. The second-order valence-electron chi connectivity index (χ2n) is 7.09. The number of fused-ring (bicyclic) bond motifs is 1. The number of hydrogen-bond donors (Lipinski definition) is 0. The molecule has 30 heavy (non-hydrogen) atoms. The largest absolute Gasteiger partial charge is 0.273 e. The zero-order valence-electron chi connectivity index (χ0n) is 15.6. The van der Waals surface area contributed by atoms with Gasteiger partial charge in [0.1, 0.15) is 17.8 Å². The number of hydrogen-bond acceptors (Lipinski definition) is 4. The fourth-order valence-electron chi connectivity index (χ4n) is 3.94. The number of anilines is 2. The number of imide groups is 1. The highest BCUT2D eigenvalue weighted by Gasteiger charge is 2.57. The molecule has 5 rings (SSSR count).